The fourth-order valence-electron chi connectivity index (χ4n) is 3.62. The van der Waals surface area contributed by atoms with Crippen LogP contribution < -0.4 is 10.6 Å². The highest BCUT2D eigenvalue weighted by Crippen LogP contribution is 2.33. The van der Waals surface area contributed by atoms with Crippen molar-refractivity contribution in [1.29, 1.82) is 0 Å². The summed E-state index contributed by atoms with van der Waals surface area (Å²) in [5.41, 5.74) is 3.71. The Hall–Kier alpha value is -4.52. The van der Waals surface area contributed by atoms with Crippen molar-refractivity contribution in [2.75, 3.05) is 10.6 Å². The van der Waals surface area contributed by atoms with Crippen LogP contribution in [0.3, 0.4) is 0 Å². The number of aromatic nitrogens is 3. The molecular formula is C26H20FN5O. The summed E-state index contributed by atoms with van der Waals surface area (Å²) in [6, 6.07) is 25.7. The van der Waals surface area contributed by atoms with Crippen molar-refractivity contribution in [1.82, 2.24) is 14.8 Å². The molecule has 0 aliphatic carbocycles. The molecule has 0 saturated heterocycles. The molecule has 0 radical (unpaired) electrons. The lowest BCUT2D eigenvalue weighted by atomic mass is 10.0. The molecule has 1 unspecified atom stereocenters. The number of allylic oxidation sites excluding steroid dienone is 1. The fraction of sp³-hybridized carbons (Fsp3) is 0.0385. The first-order valence-corrected chi connectivity index (χ1v) is 10.5. The number of amides is 1. The summed E-state index contributed by atoms with van der Waals surface area (Å²) >= 11 is 0. The van der Waals surface area contributed by atoms with Gasteiger partial charge in [0.1, 0.15) is 11.9 Å². The maximum atomic E-state index is 13.0. The van der Waals surface area contributed by atoms with E-state index in [1.165, 1.54) is 18.2 Å². The number of nitrogens with zero attached hydrogens (tertiary/aromatic N) is 3. The number of rotatable bonds is 5. The van der Waals surface area contributed by atoms with Crippen molar-refractivity contribution < 1.29 is 9.18 Å². The van der Waals surface area contributed by atoms with Gasteiger partial charge in [-0.25, -0.2) is 9.07 Å². The van der Waals surface area contributed by atoms with Crippen molar-refractivity contribution in [3.63, 3.8) is 0 Å². The van der Waals surface area contributed by atoms with Crippen LogP contribution in [0.1, 0.15) is 22.7 Å². The predicted octanol–water partition coefficient (Wildman–Crippen LogP) is 5.13. The largest absolute Gasteiger partial charge is 0.324 e. The molecular weight excluding hydrogens is 417 g/mol. The van der Waals surface area contributed by atoms with Gasteiger partial charge in [0.25, 0.3) is 11.9 Å². The van der Waals surface area contributed by atoms with Crippen molar-refractivity contribution in [3.8, 4) is 0 Å². The molecule has 1 aliphatic rings. The summed E-state index contributed by atoms with van der Waals surface area (Å²) in [6.45, 7) is 0. The Morgan fingerprint density at radius 3 is 2.39 bits per heavy atom. The van der Waals surface area contributed by atoms with E-state index in [0.717, 1.165) is 16.8 Å². The first kappa shape index (κ1) is 20.4. The molecule has 2 N–H and O–H groups in total. The van der Waals surface area contributed by atoms with Crippen LogP contribution in [-0.2, 0) is 4.79 Å². The zero-order valence-corrected chi connectivity index (χ0v) is 17.5. The van der Waals surface area contributed by atoms with E-state index >= 15 is 0 Å². The summed E-state index contributed by atoms with van der Waals surface area (Å²) in [6.07, 6.45) is 5.06. The molecule has 5 rings (SSSR count). The summed E-state index contributed by atoms with van der Waals surface area (Å²) in [5, 5.41) is 10.5. The Morgan fingerprint density at radius 2 is 1.67 bits per heavy atom. The van der Waals surface area contributed by atoms with Crippen LogP contribution in [-0.4, -0.2) is 20.7 Å². The zero-order valence-electron chi connectivity index (χ0n) is 17.5. The summed E-state index contributed by atoms with van der Waals surface area (Å²) in [5.74, 6) is 0.0149. The molecule has 2 heterocycles. The van der Waals surface area contributed by atoms with Gasteiger partial charge in [0, 0.05) is 11.8 Å². The van der Waals surface area contributed by atoms with Gasteiger partial charge in [0.15, 0.2) is 0 Å². The molecule has 162 valence electrons. The highest BCUT2D eigenvalue weighted by molar-refractivity contribution is 6.01. The van der Waals surface area contributed by atoms with E-state index in [4.69, 9.17) is 0 Å². The van der Waals surface area contributed by atoms with E-state index in [-0.39, 0.29) is 23.7 Å². The molecule has 0 spiro atoms. The van der Waals surface area contributed by atoms with Crippen molar-refractivity contribution in [2.24, 2.45) is 0 Å². The number of nitrogens with one attached hydrogen (secondary N) is 2. The van der Waals surface area contributed by atoms with Crippen molar-refractivity contribution >= 4 is 29.6 Å². The molecule has 3 aromatic carbocycles. The van der Waals surface area contributed by atoms with Gasteiger partial charge in [-0.3, -0.25) is 10.1 Å². The second-order valence-electron chi connectivity index (χ2n) is 7.50. The average molecular weight is 437 g/mol. The molecule has 1 aromatic heterocycles. The summed E-state index contributed by atoms with van der Waals surface area (Å²) in [4.78, 5) is 16.9. The first-order chi connectivity index (χ1) is 16.2. The SMILES string of the molecule is O=C(/C=C/c1ccc(F)cc1)Nc1nc2n(n1)C(c1ccccc1)C=C(c1ccccc1)N2. The number of anilines is 2. The van der Waals surface area contributed by atoms with Gasteiger partial charge >= 0.3 is 0 Å². The van der Waals surface area contributed by atoms with E-state index in [1.54, 1.807) is 22.9 Å². The van der Waals surface area contributed by atoms with Gasteiger partial charge in [-0.05, 0) is 41.0 Å². The minimum absolute atomic E-state index is 0.189. The lowest BCUT2D eigenvalue weighted by Gasteiger charge is -2.24. The second-order valence-corrected chi connectivity index (χ2v) is 7.50. The molecule has 6 nitrogen and oxygen atoms in total. The third-order valence-corrected chi connectivity index (χ3v) is 5.22. The number of carbonyl (C=O) groups excluding carboxylic acids is 1. The highest BCUT2D eigenvalue weighted by atomic mass is 19.1. The van der Waals surface area contributed by atoms with Crippen LogP contribution in [0.15, 0.2) is 97.1 Å². The zero-order chi connectivity index (χ0) is 22.6. The van der Waals surface area contributed by atoms with E-state index in [2.05, 4.69) is 26.8 Å². The van der Waals surface area contributed by atoms with Crippen LogP contribution in [0, 0.1) is 5.82 Å². The molecule has 4 aromatic rings. The Bertz CT molecular complexity index is 1330. The minimum Gasteiger partial charge on any atom is -0.324 e. The third-order valence-electron chi connectivity index (χ3n) is 5.22. The van der Waals surface area contributed by atoms with E-state index in [0.29, 0.717) is 11.5 Å². The molecule has 0 bridgehead atoms. The number of fused-ring (bicyclic) bond motifs is 1. The van der Waals surface area contributed by atoms with Crippen molar-refractivity contribution in [2.45, 2.75) is 6.04 Å². The molecule has 33 heavy (non-hydrogen) atoms. The van der Waals surface area contributed by atoms with Crippen LogP contribution in [0.4, 0.5) is 16.3 Å². The maximum Gasteiger partial charge on any atom is 0.250 e. The lowest BCUT2D eigenvalue weighted by Crippen LogP contribution is -2.20. The summed E-state index contributed by atoms with van der Waals surface area (Å²) < 4.78 is 14.8. The maximum absolute atomic E-state index is 13.0. The number of benzene rings is 3. The molecule has 1 aliphatic heterocycles. The Labute approximate surface area is 190 Å². The minimum atomic E-state index is -0.380. The van der Waals surface area contributed by atoms with Crippen LogP contribution in [0.25, 0.3) is 11.8 Å². The quantitative estimate of drug-likeness (QED) is 0.425. The predicted molar refractivity (Wildman–Crippen MR) is 127 cm³/mol. The molecule has 0 fully saturated rings. The third kappa shape index (κ3) is 4.57. The van der Waals surface area contributed by atoms with Gasteiger partial charge in [0.2, 0.25) is 5.95 Å². The molecule has 1 atom stereocenters. The second kappa shape index (κ2) is 8.92. The van der Waals surface area contributed by atoms with Gasteiger partial charge in [-0.2, -0.15) is 4.98 Å². The highest BCUT2D eigenvalue weighted by Gasteiger charge is 2.25. The Kier molecular flexibility index (Phi) is 5.51. The van der Waals surface area contributed by atoms with Gasteiger partial charge < -0.3 is 5.32 Å². The van der Waals surface area contributed by atoms with E-state index < -0.39 is 0 Å². The van der Waals surface area contributed by atoms with Crippen molar-refractivity contribution in [3.05, 3.63) is 120 Å². The van der Waals surface area contributed by atoms with Crippen LogP contribution >= 0.6 is 0 Å². The van der Waals surface area contributed by atoms with Crippen LogP contribution in [0.2, 0.25) is 0 Å². The van der Waals surface area contributed by atoms with E-state index in [9.17, 15) is 9.18 Å². The van der Waals surface area contributed by atoms with Gasteiger partial charge in [-0.1, -0.05) is 72.8 Å². The summed E-state index contributed by atoms with van der Waals surface area (Å²) in [7, 11) is 0. The standard InChI is InChI=1S/C26H20FN5O/c27-21-14-11-18(12-15-21)13-16-24(33)29-25-30-26-28-22(19-7-3-1-4-8-19)17-23(32(26)31-25)20-9-5-2-6-10-20/h1-17,23H,(H2,28,29,30,31,33)/b16-13+. The number of halogens is 1. The smallest absolute Gasteiger partial charge is 0.250 e. The first-order valence-electron chi connectivity index (χ1n) is 10.5. The van der Waals surface area contributed by atoms with E-state index in [1.807, 2.05) is 60.7 Å². The number of hydrogen-bond donors (Lipinski definition) is 2. The van der Waals surface area contributed by atoms with Crippen LogP contribution in [0.5, 0.6) is 0 Å². The van der Waals surface area contributed by atoms with Gasteiger partial charge in [0.05, 0.1) is 0 Å². The molecule has 0 saturated carbocycles. The number of carbonyl (C=O) groups is 1. The normalized spacial score (nSPS) is 14.9. The van der Waals surface area contributed by atoms with Gasteiger partial charge in [-0.15, -0.1) is 5.10 Å². The lowest BCUT2D eigenvalue weighted by molar-refractivity contribution is -0.111. The molecule has 7 heteroatoms. The number of hydrogen-bond acceptors (Lipinski definition) is 4. The fourth-order valence-corrected chi connectivity index (χ4v) is 3.62. The monoisotopic (exact) mass is 437 g/mol. The average Bonchev–Trinajstić information content (AvgIpc) is 3.26. The Morgan fingerprint density at radius 1 is 0.970 bits per heavy atom. The Balaban J connectivity index is 1.41. The molecule has 1 amide bonds. The topological polar surface area (TPSA) is 71.8 Å².